The molecule has 0 saturated carbocycles. The number of esters is 1. The third-order valence-corrected chi connectivity index (χ3v) is 5.93. The summed E-state index contributed by atoms with van der Waals surface area (Å²) >= 11 is 0. The largest absolute Gasteiger partial charge is 0.460 e. The first-order chi connectivity index (χ1) is 18.6. The molecule has 1 fully saturated rings. The molecule has 40 heavy (non-hydrogen) atoms. The van der Waals surface area contributed by atoms with Gasteiger partial charge < -0.3 is 20.1 Å². The van der Waals surface area contributed by atoms with Crippen molar-refractivity contribution in [3.05, 3.63) is 35.9 Å². The minimum Gasteiger partial charge on any atom is -0.460 e. The third kappa shape index (κ3) is 10.8. The highest BCUT2D eigenvalue weighted by Crippen LogP contribution is 2.21. The first-order valence-electron chi connectivity index (χ1n) is 13.5. The number of amides is 4. The summed E-state index contributed by atoms with van der Waals surface area (Å²) in [6, 6.07) is 6.01. The van der Waals surface area contributed by atoms with E-state index < -0.39 is 59.1 Å². The topological polar surface area (TPSA) is 169 Å². The number of nitrogens with one attached hydrogen (secondary N) is 3. The molecule has 3 atom stereocenters. The van der Waals surface area contributed by atoms with Crippen LogP contribution in [0.4, 0.5) is 4.79 Å². The number of nitrogens with zero attached hydrogens (tertiary/aromatic N) is 1. The molecule has 0 bridgehead atoms. The van der Waals surface area contributed by atoms with Gasteiger partial charge in [0, 0.05) is 19.4 Å². The van der Waals surface area contributed by atoms with Gasteiger partial charge in [0.05, 0.1) is 0 Å². The zero-order valence-electron chi connectivity index (χ0n) is 24.2. The molecule has 0 spiro atoms. The molecule has 1 aliphatic heterocycles. The average Bonchev–Trinajstić information content (AvgIpc) is 3.34. The van der Waals surface area contributed by atoms with Gasteiger partial charge >= 0.3 is 12.1 Å². The van der Waals surface area contributed by atoms with Crippen LogP contribution in [0.1, 0.15) is 72.8 Å². The summed E-state index contributed by atoms with van der Waals surface area (Å²) in [7, 11) is 0. The summed E-state index contributed by atoms with van der Waals surface area (Å²) in [5.74, 6) is 2.94. The lowest BCUT2D eigenvalue weighted by atomic mass is 10.0. The van der Waals surface area contributed by atoms with Crippen LogP contribution in [0.15, 0.2) is 30.3 Å². The molecule has 12 nitrogen and oxygen atoms in total. The van der Waals surface area contributed by atoms with Crippen LogP contribution in [0, 0.1) is 0 Å². The summed E-state index contributed by atoms with van der Waals surface area (Å²) < 4.78 is 10.7. The van der Waals surface area contributed by atoms with Crippen molar-refractivity contribution in [2.75, 3.05) is 6.54 Å². The summed E-state index contributed by atoms with van der Waals surface area (Å²) in [5, 5.41) is 5.37. The highest BCUT2D eigenvalue weighted by molar-refractivity contribution is 5.94. The van der Waals surface area contributed by atoms with Crippen LogP contribution < -0.4 is 21.9 Å². The lowest BCUT2D eigenvalue weighted by Crippen LogP contribution is -2.57. The number of nitrogens with two attached hydrogens (primary N) is 1. The van der Waals surface area contributed by atoms with Crippen LogP contribution in [0.3, 0.4) is 0 Å². The molecule has 5 N–H and O–H groups in total. The number of hydrogen-bond acceptors (Lipinski definition) is 8. The monoisotopic (exact) mass is 561 g/mol. The van der Waals surface area contributed by atoms with Crippen LogP contribution in [-0.4, -0.2) is 70.6 Å². The molecule has 1 heterocycles. The van der Waals surface area contributed by atoms with Gasteiger partial charge in [-0.1, -0.05) is 30.3 Å². The van der Waals surface area contributed by atoms with Crippen molar-refractivity contribution in [1.82, 2.24) is 21.0 Å². The summed E-state index contributed by atoms with van der Waals surface area (Å²) in [6.45, 7) is 10.8. The number of hydrogen-bond donors (Lipinski definition) is 4. The molecule has 1 saturated heterocycles. The number of likely N-dealkylation sites (tertiary alicyclic amines) is 1. The Kier molecular flexibility index (Phi) is 11.5. The van der Waals surface area contributed by atoms with Gasteiger partial charge in [-0.2, -0.15) is 0 Å². The SMILES string of the molecule is CC(C)(C)OC(=O)CC[C@H](NC(=O)[C@H](Cc1ccccc1)NC(=O)C1CCCN1C(=O)OC(C)(C)C)C(=O)NN. The van der Waals surface area contributed by atoms with E-state index in [4.69, 9.17) is 15.3 Å². The third-order valence-electron chi connectivity index (χ3n) is 5.93. The van der Waals surface area contributed by atoms with Crippen molar-refractivity contribution < 1.29 is 33.4 Å². The van der Waals surface area contributed by atoms with E-state index in [1.54, 1.807) is 53.7 Å². The van der Waals surface area contributed by atoms with E-state index in [1.165, 1.54) is 4.90 Å². The minimum atomic E-state index is -1.15. The van der Waals surface area contributed by atoms with E-state index >= 15 is 0 Å². The smallest absolute Gasteiger partial charge is 0.410 e. The van der Waals surface area contributed by atoms with E-state index in [0.717, 1.165) is 5.56 Å². The van der Waals surface area contributed by atoms with E-state index in [0.29, 0.717) is 19.4 Å². The Morgan fingerprint density at radius 1 is 0.925 bits per heavy atom. The fraction of sp³-hybridized carbons (Fsp3) is 0.607. The molecule has 4 amide bonds. The highest BCUT2D eigenvalue weighted by Gasteiger charge is 2.38. The molecule has 0 aromatic heterocycles. The van der Waals surface area contributed by atoms with Gasteiger partial charge in [-0.3, -0.25) is 29.5 Å². The Morgan fingerprint density at radius 2 is 1.55 bits per heavy atom. The fourth-order valence-electron chi connectivity index (χ4n) is 4.20. The maximum absolute atomic E-state index is 13.4. The van der Waals surface area contributed by atoms with Crippen LogP contribution in [0.5, 0.6) is 0 Å². The van der Waals surface area contributed by atoms with E-state index in [9.17, 15) is 24.0 Å². The standard InChI is InChI=1S/C28H43N5O7/c1-27(2,3)39-22(34)15-14-19(24(36)32-29)30-23(35)20(17-18-11-8-7-9-12-18)31-25(37)21-13-10-16-33(21)26(38)40-28(4,5)6/h7-9,11-12,19-21H,10,13-17,29H2,1-6H3,(H,30,35)(H,31,37)(H,32,36)/t19-,20-,21?/m0/s1. The first kappa shape index (κ1) is 32.5. The molecule has 12 heteroatoms. The van der Waals surface area contributed by atoms with Crippen LogP contribution in [0.2, 0.25) is 0 Å². The molecule has 0 radical (unpaired) electrons. The Morgan fingerprint density at radius 3 is 2.12 bits per heavy atom. The van der Waals surface area contributed by atoms with E-state index in [2.05, 4.69) is 10.6 Å². The van der Waals surface area contributed by atoms with Crippen molar-refractivity contribution in [3.63, 3.8) is 0 Å². The summed E-state index contributed by atoms with van der Waals surface area (Å²) in [5.41, 5.74) is 1.34. The Bertz CT molecular complexity index is 1050. The first-order valence-corrected chi connectivity index (χ1v) is 13.5. The van der Waals surface area contributed by atoms with Gasteiger partial charge in [0.25, 0.3) is 5.91 Å². The molecule has 0 aliphatic carbocycles. The van der Waals surface area contributed by atoms with E-state index in [1.807, 2.05) is 23.6 Å². The lowest BCUT2D eigenvalue weighted by molar-refractivity contribution is -0.155. The van der Waals surface area contributed by atoms with Gasteiger partial charge in [-0.15, -0.1) is 0 Å². The second-order valence-corrected chi connectivity index (χ2v) is 11.8. The normalized spacial score (nSPS) is 16.9. The van der Waals surface area contributed by atoms with Gasteiger partial charge in [-0.25, -0.2) is 10.6 Å². The number of hydrazine groups is 1. The maximum atomic E-state index is 13.4. The number of carbonyl (C=O) groups is 5. The van der Waals surface area contributed by atoms with Crippen molar-refractivity contribution in [2.45, 2.75) is 103 Å². The number of ether oxygens (including phenoxy) is 2. The van der Waals surface area contributed by atoms with Gasteiger partial charge in [0.1, 0.15) is 29.3 Å². The van der Waals surface area contributed by atoms with Crippen molar-refractivity contribution in [1.29, 1.82) is 0 Å². The Balaban J connectivity index is 2.19. The zero-order valence-corrected chi connectivity index (χ0v) is 24.2. The molecule has 2 rings (SSSR count). The molecular formula is C28H43N5O7. The molecule has 1 aromatic rings. The molecule has 1 aliphatic rings. The van der Waals surface area contributed by atoms with Gasteiger partial charge in [-0.05, 0) is 66.4 Å². The van der Waals surface area contributed by atoms with Crippen molar-refractivity contribution in [2.24, 2.45) is 5.84 Å². The molecule has 1 unspecified atom stereocenters. The highest BCUT2D eigenvalue weighted by atomic mass is 16.6. The zero-order chi connectivity index (χ0) is 30.1. The second kappa shape index (κ2) is 14.1. The Hall–Kier alpha value is -3.67. The fourth-order valence-corrected chi connectivity index (χ4v) is 4.20. The second-order valence-electron chi connectivity index (χ2n) is 11.8. The van der Waals surface area contributed by atoms with Crippen molar-refractivity contribution >= 4 is 29.8 Å². The number of carbonyl (C=O) groups excluding carboxylic acids is 5. The van der Waals surface area contributed by atoms with Crippen LogP contribution >= 0.6 is 0 Å². The predicted octanol–water partition coefficient (Wildman–Crippen LogP) is 1.71. The number of rotatable bonds is 10. The van der Waals surface area contributed by atoms with Crippen molar-refractivity contribution in [3.8, 4) is 0 Å². The van der Waals surface area contributed by atoms with Crippen LogP contribution in [-0.2, 0) is 35.1 Å². The molecule has 222 valence electrons. The van der Waals surface area contributed by atoms with E-state index in [-0.39, 0.29) is 19.3 Å². The molecular weight excluding hydrogens is 518 g/mol. The molecule has 1 aromatic carbocycles. The minimum absolute atomic E-state index is 0.0647. The van der Waals surface area contributed by atoms with Crippen LogP contribution in [0.25, 0.3) is 0 Å². The number of benzene rings is 1. The average molecular weight is 562 g/mol. The quantitative estimate of drug-likeness (QED) is 0.145. The summed E-state index contributed by atoms with van der Waals surface area (Å²) in [4.78, 5) is 65.5. The summed E-state index contributed by atoms with van der Waals surface area (Å²) in [6.07, 6.45) is 0.342. The maximum Gasteiger partial charge on any atom is 0.410 e. The lowest BCUT2D eigenvalue weighted by Gasteiger charge is -2.29. The predicted molar refractivity (Wildman–Crippen MR) is 147 cm³/mol. The van der Waals surface area contributed by atoms with Gasteiger partial charge in [0.2, 0.25) is 11.8 Å². The van der Waals surface area contributed by atoms with Gasteiger partial charge in [0.15, 0.2) is 0 Å². The Labute approximate surface area is 235 Å².